The zero-order chi connectivity index (χ0) is 34.0. The fraction of sp³-hybridized carbons (Fsp3) is 0. The number of hydrogen-bond donors (Lipinski definition) is 0. The Hall–Kier alpha value is -6.70. The Morgan fingerprint density at radius 3 is 1.04 bits per heavy atom. The molecular weight excluding hydrogens is 615 g/mol. The summed E-state index contributed by atoms with van der Waals surface area (Å²) >= 11 is 0. The van der Waals surface area contributed by atoms with Crippen LogP contribution in [-0.4, -0.2) is 0 Å². The molecule has 9 aromatic carbocycles. The Morgan fingerprint density at radius 2 is 0.608 bits per heavy atom. The van der Waals surface area contributed by atoms with Crippen LogP contribution in [0.5, 0.6) is 0 Å². The molecular formula is C50H35N. The summed E-state index contributed by atoms with van der Waals surface area (Å²) in [7, 11) is 0. The van der Waals surface area contributed by atoms with Crippen molar-refractivity contribution >= 4 is 38.6 Å². The van der Waals surface area contributed by atoms with Gasteiger partial charge in [-0.25, -0.2) is 0 Å². The van der Waals surface area contributed by atoms with Crippen molar-refractivity contribution < 1.29 is 0 Å². The predicted octanol–water partition coefficient (Wildman–Crippen LogP) is 14.1. The Morgan fingerprint density at radius 1 is 0.235 bits per heavy atom. The van der Waals surface area contributed by atoms with Crippen LogP contribution in [0, 0.1) is 0 Å². The van der Waals surface area contributed by atoms with Gasteiger partial charge in [0.05, 0.1) is 0 Å². The van der Waals surface area contributed by atoms with Crippen molar-refractivity contribution in [3.63, 3.8) is 0 Å². The first-order chi connectivity index (χ1) is 25.3. The van der Waals surface area contributed by atoms with Crippen LogP contribution in [0.15, 0.2) is 212 Å². The summed E-state index contributed by atoms with van der Waals surface area (Å²) in [5.41, 5.74) is 13.2. The summed E-state index contributed by atoms with van der Waals surface area (Å²) in [6.07, 6.45) is 0. The highest BCUT2D eigenvalue weighted by atomic mass is 15.1. The van der Waals surface area contributed by atoms with Gasteiger partial charge in [0.1, 0.15) is 0 Å². The van der Waals surface area contributed by atoms with E-state index in [2.05, 4.69) is 217 Å². The molecule has 0 aliphatic rings. The van der Waals surface area contributed by atoms with Crippen LogP contribution in [-0.2, 0) is 0 Å². The van der Waals surface area contributed by atoms with E-state index in [1.807, 2.05) is 0 Å². The minimum absolute atomic E-state index is 1.11. The fourth-order valence-electron chi connectivity index (χ4n) is 7.30. The highest BCUT2D eigenvalue weighted by molar-refractivity contribution is 6.00. The lowest BCUT2D eigenvalue weighted by Crippen LogP contribution is -2.09. The van der Waals surface area contributed by atoms with E-state index in [0.717, 1.165) is 17.1 Å². The molecule has 0 saturated heterocycles. The normalized spacial score (nSPS) is 11.1. The molecule has 0 fully saturated rings. The molecule has 9 aromatic rings. The minimum Gasteiger partial charge on any atom is -0.311 e. The molecule has 1 nitrogen and oxygen atoms in total. The zero-order valence-electron chi connectivity index (χ0n) is 28.2. The second-order valence-electron chi connectivity index (χ2n) is 13.0. The summed E-state index contributed by atoms with van der Waals surface area (Å²) < 4.78 is 0. The molecule has 0 spiro atoms. The van der Waals surface area contributed by atoms with Crippen LogP contribution in [0.2, 0.25) is 0 Å². The number of rotatable bonds is 7. The summed E-state index contributed by atoms with van der Waals surface area (Å²) in [5.74, 6) is 0. The quantitative estimate of drug-likeness (QED) is 0.166. The molecule has 0 aliphatic heterocycles. The SMILES string of the molecule is c1ccc(-c2cccc3cc(-c4ccc(N(c5ccccc5)c5ccc(-c6ccc7c(-c8ccccc8)cccc7c6)cc5)cc4)ccc23)cc1. The molecule has 0 atom stereocenters. The fourth-order valence-corrected chi connectivity index (χ4v) is 7.30. The van der Waals surface area contributed by atoms with Gasteiger partial charge in [0.25, 0.3) is 0 Å². The van der Waals surface area contributed by atoms with E-state index in [-0.39, 0.29) is 0 Å². The number of anilines is 3. The molecule has 0 heterocycles. The van der Waals surface area contributed by atoms with Crippen LogP contribution in [0.1, 0.15) is 0 Å². The van der Waals surface area contributed by atoms with Gasteiger partial charge in [0, 0.05) is 17.1 Å². The van der Waals surface area contributed by atoms with Crippen LogP contribution in [0.4, 0.5) is 17.1 Å². The molecule has 240 valence electrons. The van der Waals surface area contributed by atoms with Gasteiger partial charge in [-0.3, -0.25) is 0 Å². The number of para-hydroxylation sites is 1. The van der Waals surface area contributed by atoms with E-state index >= 15 is 0 Å². The highest BCUT2D eigenvalue weighted by Crippen LogP contribution is 2.38. The third kappa shape index (κ3) is 5.96. The summed E-state index contributed by atoms with van der Waals surface area (Å²) in [6.45, 7) is 0. The molecule has 9 rings (SSSR count). The Bertz CT molecular complexity index is 2420. The second-order valence-corrected chi connectivity index (χ2v) is 13.0. The standard InChI is InChI=1S/C50H35N/c1-4-12-38(13-5-1)47-20-10-16-42-34-40(26-32-49(42)47)36-22-28-45(29-23-36)51(44-18-8-3-9-19-44)46-30-24-37(25-31-46)41-27-33-50-43(35-41)17-11-21-48(50)39-14-6-2-7-15-39/h1-35H. The lowest BCUT2D eigenvalue weighted by atomic mass is 9.95. The van der Waals surface area contributed by atoms with Gasteiger partial charge in [-0.1, -0.05) is 164 Å². The average molecular weight is 650 g/mol. The molecule has 0 aliphatic carbocycles. The average Bonchev–Trinajstić information content (AvgIpc) is 3.21. The van der Waals surface area contributed by atoms with Gasteiger partial charge >= 0.3 is 0 Å². The number of hydrogen-bond acceptors (Lipinski definition) is 1. The second kappa shape index (κ2) is 13.3. The van der Waals surface area contributed by atoms with E-state index in [9.17, 15) is 0 Å². The van der Waals surface area contributed by atoms with Crippen LogP contribution in [0.3, 0.4) is 0 Å². The lowest BCUT2D eigenvalue weighted by Gasteiger charge is -2.26. The number of nitrogens with zero attached hydrogens (tertiary/aromatic N) is 1. The maximum Gasteiger partial charge on any atom is 0.0462 e. The molecule has 0 radical (unpaired) electrons. The van der Waals surface area contributed by atoms with Gasteiger partial charge in [0.2, 0.25) is 0 Å². The first-order valence-electron chi connectivity index (χ1n) is 17.5. The van der Waals surface area contributed by atoms with Gasteiger partial charge < -0.3 is 4.90 Å². The first kappa shape index (κ1) is 30.4. The Labute approximate surface area is 299 Å². The van der Waals surface area contributed by atoms with Crippen molar-refractivity contribution in [1.82, 2.24) is 0 Å². The number of benzene rings is 9. The van der Waals surface area contributed by atoms with E-state index < -0.39 is 0 Å². The molecule has 1 heteroatoms. The van der Waals surface area contributed by atoms with E-state index in [1.54, 1.807) is 0 Å². The zero-order valence-corrected chi connectivity index (χ0v) is 28.2. The molecule has 0 amide bonds. The summed E-state index contributed by atoms with van der Waals surface area (Å²) in [5, 5.41) is 5.02. The molecule has 0 aromatic heterocycles. The lowest BCUT2D eigenvalue weighted by molar-refractivity contribution is 1.28. The highest BCUT2D eigenvalue weighted by Gasteiger charge is 2.14. The molecule has 0 saturated carbocycles. The van der Waals surface area contributed by atoms with Crippen LogP contribution in [0.25, 0.3) is 66.1 Å². The Kier molecular flexibility index (Phi) is 7.92. The van der Waals surface area contributed by atoms with Crippen molar-refractivity contribution in [2.24, 2.45) is 0 Å². The van der Waals surface area contributed by atoms with E-state index in [4.69, 9.17) is 0 Å². The van der Waals surface area contributed by atoms with Crippen molar-refractivity contribution in [2.75, 3.05) is 4.90 Å². The smallest absolute Gasteiger partial charge is 0.0462 e. The van der Waals surface area contributed by atoms with Gasteiger partial charge in [-0.15, -0.1) is 0 Å². The van der Waals surface area contributed by atoms with E-state index in [1.165, 1.54) is 66.1 Å². The van der Waals surface area contributed by atoms with Gasteiger partial charge in [0.15, 0.2) is 0 Å². The van der Waals surface area contributed by atoms with Crippen LogP contribution < -0.4 is 4.90 Å². The third-order valence-electron chi connectivity index (χ3n) is 9.86. The van der Waals surface area contributed by atoms with Gasteiger partial charge in [-0.2, -0.15) is 0 Å². The van der Waals surface area contributed by atoms with Crippen molar-refractivity contribution in [2.45, 2.75) is 0 Å². The number of fused-ring (bicyclic) bond motifs is 2. The summed E-state index contributed by atoms with van der Waals surface area (Å²) in [6, 6.07) is 76.5. The molecule has 0 bridgehead atoms. The third-order valence-corrected chi connectivity index (χ3v) is 9.86. The summed E-state index contributed by atoms with van der Waals surface area (Å²) in [4.78, 5) is 2.33. The predicted molar refractivity (Wildman–Crippen MR) is 218 cm³/mol. The minimum atomic E-state index is 1.11. The van der Waals surface area contributed by atoms with Crippen LogP contribution >= 0.6 is 0 Å². The maximum atomic E-state index is 2.33. The topological polar surface area (TPSA) is 3.24 Å². The van der Waals surface area contributed by atoms with Crippen molar-refractivity contribution in [3.05, 3.63) is 212 Å². The largest absolute Gasteiger partial charge is 0.311 e. The molecule has 0 N–H and O–H groups in total. The van der Waals surface area contributed by atoms with Crippen molar-refractivity contribution in [1.29, 1.82) is 0 Å². The maximum absolute atomic E-state index is 2.33. The Balaban J connectivity index is 1.02. The first-order valence-corrected chi connectivity index (χ1v) is 17.5. The monoisotopic (exact) mass is 649 g/mol. The van der Waals surface area contributed by atoms with E-state index in [0.29, 0.717) is 0 Å². The molecule has 51 heavy (non-hydrogen) atoms. The van der Waals surface area contributed by atoms with Crippen molar-refractivity contribution in [3.8, 4) is 44.5 Å². The molecule has 0 unspecified atom stereocenters. The van der Waals surface area contributed by atoms with Gasteiger partial charge in [-0.05, 0) is 115 Å².